The molecule has 1 aliphatic rings. The van der Waals surface area contributed by atoms with Crippen LogP contribution in [0.4, 0.5) is 4.79 Å². The molecule has 0 aliphatic carbocycles. The largest absolute Gasteiger partial charge is 0.496 e. The summed E-state index contributed by atoms with van der Waals surface area (Å²) in [7, 11) is 3.45. The summed E-state index contributed by atoms with van der Waals surface area (Å²) in [6.07, 6.45) is 9.42. The van der Waals surface area contributed by atoms with Gasteiger partial charge in [0.1, 0.15) is 5.75 Å². The van der Waals surface area contributed by atoms with E-state index in [2.05, 4.69) is 36.6 Å². The lowest BCUT2D eigenvalue weighted by Gasteiger charge is -2.46. The van der Waals surface area contributed by atoms with Gasteiger partial charge in [0.25, 0.3) is 0 Å². The van der Waals surface area contributed by atoms with Crippen molar-refractivity contribution in [1.82, 2.24) is 15.5 Å². The maximum absolute atomic E-state index is 12.2. The van der Waals surface area contributed by atoms with Gasteiger partial charge >= 0.3 is 6.09 Å². The van der Waals surface area contributed by atoms with E-state index in [1.54, 1.807) is 12.0 Å². The van der Waals surface area contributed by atoms with Crippen LogP contribution in [0.5, 0.6) is 5.75 Å². The third kappa shape index (κ3) is 8.20. The Labute approximate surface area is 210 Å². The van der Waals surface area contributed by atoms with E-state index in [-0.39, 0.29) is 18.3 Å². The molecule has 1 atom stereocenters. The molecule has 1 saturated heterocycles. The minimum atomic E-state index is -0.914. The molecule has 34 heavy (non-hydrogen) atoms. The molecule has 0 aromatic heterocycles. The van der Waals surface area contributed by atoms with Crippen LogP contribution in [0, 0.1) is 5.92 Å². The van der Waals surface area contributed by atoms with Crippen LogP contribution in [0.15, 0.2) is 30.4 Å². The molecule has 7 nitrogen and oxygen atoms in total. The molecule has 3 N–H and O–H groups in total. The predicted octanol–water partition coefficient (Wildman–Crippen LogP) is 5.08. The molecule has 1 aliphatic heterocycles. The predicted molar refractivity (Wildman–Crippen MR) is 139 cm³/mol. The molecule has 192 valence electrons. The molecule has 0 spiro atoms. The lowest BCUT2D eigenvalue weighted by molar-refractivity contribution is -0.121. The molecule has 1 unspecified atom stereocenters. The normalized spacial score (nSPS) is 18.1. The lowest BCUT2D eigenvalue weighted by atomic mass is 9.79. The number of carboxylic acid groups (broad SMARTS) is 1. The van der Waals surface area contributed by atoms with Crippen molar-refractivity contribution in [2.45, 2.75) is 70.9 Å². The first-order valence-corrected chi connectivity index (χ1v) is 12.1. The summed E-state index contributed by atoms with van der Waals surface area (Å²) in [6.45, 7) is 5.75. The summed E-state index contributed by atoms with van der Waals surface area (Å²) in [5, 5.41) is 16.0. The van der Waals surface area contributed by atoms with Crippen molar-refractivity contribution in [3.05, 3.63) is 41.5 Å². The van der Waals surface area contributed by atoms with E-state index in [1.165, 1.54) is 0 Å². The number of carbonyl (C=O) groups is 2. The fourth-order valence-corrected chi connectivity index (χ4v) is 4.60. The van der Waals surface area contributed by atoms with Crippen molar-refractivity contribution in [3.8, 4) is 5.75 Å². The molecule has 1 heterocycles. The molecule has 2 rings (SSSR count). The molecule has 0 bridgehead atoms. The van der Waals surface area contributed by atoms with Crippen molar-refractivity contribution in [2.24, 2.45) is 5.92 Å². The number of nitrogens with one attached hydrogen (secondary N) is 2. The third-order valence-corrected chi connectivity index (χ3v) is 6.24. The van der Waals surface area contributed by atoms with Gasteiger partial charge in [0.15, 0.2) is 0 Å². The second kappa shape index (κ2) is 14.9. The number of carbonyl (C=O) groups excluding carboxylic acids is 1. The standard InChI is InChI=1S/C26H41N3O4.ClH/c1-20(2)11-7-5-6-8-12-24(30)28-18-21-13-14-22(23(17-21)33-4)26(19-27-3)15-9-10-16-29(26)25(31)32;/h7,11,13-14,17,20,27H,5-6,8-10,12,15-16,18-19H2,1-4H3,(H,28,30)(H,31,32);1H/b11-7+;. The number of nitrogens with zero attached hydrogens (tertiary/aromatic N) is 1. The van der Waals surface area contributed by atoms with Gasteiger partial charge in [0.05, 0.1) is 12.6 Å². The zero-order chi connectivity index (χ0) is 24.3. The Balaban J connectivity index is 0.00000578. The average Bonchev–Trinajstić information content (AvgIpc) is 2.79. The summed E-state index contributed by atoms with van der Waals surface area (Å²) in [6, 6.07) is 5.83. The smallest absolute Gasteiger partial charge is 0.408 e. The topological polar surface area (TPSA) is 90.9 Å². The van der Waals surface area contributed by atoms with E-state index in [0.717, 1.165) is 49.7 Å². The summed E-state index contributed by atoms with van der Waals surface area (Å²) < 4.78 is 5.70. The first-order valence-electron chi connectivity index (χ1n) is 12.1. The molecule has 2 amide bonds. The highest BCUT2D eigenvalue weighted by atomic mass is 35.5. The second-order valence-electron chi connectivity index (χ2n) is 9.18. The number of rotatable bonds is 12. The zero-order valence-electron chi connectivity index (χ0n) is 21.1. The Bertz CT molecular complexity index is 811. The van der Waals surface area contributed by atoms with Crippen molar-refractivity contribution in [1.29, 1.82) is 0 Å². The van der Waals surface area contributed by atoms with E-state index in [0.29, 0.717) is 37.7 Å². The summed E-state index contributed by atoms with van der Waals surface area (Å²) >= 11 is 0. The first kappa shape index (κ1) is 29.8. The molecule has 8 heteroatoms. The van der Waals surface area contributed by atoms with Crippen LogP contribution in [0.1, 0.15) is 69.9 Å². The number of ether oxygens (including phenoxy) is 1. The van der Waals surface area contributed by atoms with Crippen LogP contribution < -0.4 is 15.4 Å². The molecule has 1 fully saturated rings. The minimum Gasteiger partial charge on any atom is -0.496 e. The van der Waals surface area contributed by atoms with Gasteiger partial charge in [0.2, 0.25) is 5.91 Å². The minimum absolute atomic E-state index is 0. The second-order valence-corrected chi connectivity index (χ2v) is 9.18. The Hall–Kier alpha value is -2.25. The Kier molecular flexibility index (Phi) is 13.0. The number of likely N-dealkylation sites (tertiary alicyclic amines) is 1. The number of benzene rings is 1. The summed E-state index contributed by atoms with van der Waals surface area (Å²) in [4.78, 5) is 25.8. The highest BCUT2D eigenvalue weighted by Crippen LogP contribution is 2.42. The summed E-state index contributed by atoms with van der Waals surface area (Å²) in [5.74, 6) is 1.26. The van der Waals surface area contributed by atoms with Gasteiger partial charge in [0, 0.05) is 31.6 Å². The van der Waals surface area contributed by atoms with E-state index in [1.807, 2.05) is 25.2 Å². The Morgan fingerprint density at radius 3 is 2.68 bits per heavy atom. The van der Waals surface area contributed by atoms with E-state index >= 15 is 0 Å². The zero-order valence-corrected chi connectivity index (χ0v) is 21.9. The van der Waals surface area contributed by atoms with Crippen molar-refractivity contribution >= 4 is 24.4 Å². The lowest BCUT2D eigenvalue weighted by Crippen LogP contribution is -2.56. The molecule has 1 aromatic carbocycles. The van der Waals surface area contributed by atoms with Gasteiger partial charge in [-0.1, -0.05) is 38.1 Å². The fraction of sp³-hybridized carbons (Fsp3) is 0.615. The van der Waals surface area contributed by atoms with E-state index < -0.39 is 11.6 Å². The monoisotopic (exact) mass is 495 g/mol. The van der Waals surface area contributed by atoms with Crippen LogP contribution in [0.2, 0.25) is 0 Å². The van der Waals surface area contributed by atoms with Gasteiger partial charge < -0.3 is 20.5 Å². The van der Waals surface area contributed by atoms with Crippen LogP contribution in [0.3, 0.4) is 0 Å². The molecular weight excluding hydrogens is 454 g/mol. The number of methoxy groups -OCH3 is 1. The maximum atomic E-state index is 12.2. The molecule has 0 saturated carbocycles. The number of halogens is 1. The highest BCUT2D eigenvalue weighted by molar-refractivity contribution is 5.85. The number of hydrogen-bond acceptors (Lipinski definition) is 4. The summed E-state index contributed by atoms with van der Waals surface area (Å²) in [5.41, 5.74) is 1.13. The molecule has 1 aromatic rings. The Morgan fingerprint density at radius 2 is 2.03 bits per heavy atom. The average molecular weight is 496 g/mol. The maximum Gasteiger partial charge on any atom is 0.408 e. The number of hydrogen-bond donors (Lipinski definition) is 3. The van der Waals surface area contributed by atoms with Crippen LogP contribution >= 0.6 is 12.4 Å². The van der Waals surface area contributed by atoms with Crippen molar-refractivity contribution < 1.29 is 19.4 Å². The SMILES string of the molecule is CNCC1(c2ccc(CNC(=O)CCCC/C=C/C(C)C)cc2OC)CCCCN1C(=O)O.Cl. The molecular formula is C26H42ClN3O4. The number of likely N-dealkylation sites (N-methyl/N-ethyl adjacent to an activating group) is 1. The number of unbranched alkanes of at least 4 members (excludes halogenated alkanes) is 2. The van der Waals surface area contributed by atoms with E-state index in [4.69, 9.17) is 4.74 Å². The van der Waals surface area contributed by atoms with Gasteiger partial charge in [-0.15, -0.1) is 12.4 Å². The van der Waals surface area contributed by atoms with Gasteiger partial charge in [-0.25, -0.2) is 4.79 Å². The number of allylic oxidation sites excluding steroid dienone is 2. The van der Waals surface area contributed by atoms with Crippen molar-refractivity contribution in [2.75, 3.05) is 27.2 Å². The van der Waals surface area contributed by atoms with Crippen LogP contribution in [0.25, 0.3) is 0 Å². The number of amides is 2. The van der Waals surface area contributed by atoms with Crippen LogP contribution in [-0.2, 0) is 16.9 Å². The highest BCUT2D eigenvalue weighted by Gasteiger charge is 2.44. The van der Waals surface area contributed by atoms with Gasteiger partial charge in [-0.2, -0.15) is 0 Å². The number of piperidine rings is 1. The fourth-order valence-electron chi connectivity index (χ4n) is 4.60. The van der Waals surface area contributed by atoms with Gasteiger partial charge in [-0.3, -0.25) is 9.69 Å². The molecule has 0 radical (unpaired) electrons. The quantitative estimate of drug-likeness (QED) is 0.277. The van der Waals surface area contributed by atoms with Gasteiger partial charge in [-0.05, 0) is 63.1 Å². The van der Waals surface area contributed by atoms with E-state index in [9.17, 15) is 14.7 Å². The van der Waals surface area contributed by atoms with Crippen molar-refractivity contribution in [3.63, 3.8) is 0 Å². The van der Waals surface area contributed by atoms with Crippen LogP contribution in [-0.4, -0.2) is 49.3 Å². The Morgan fingerprint density at radius 1 is 1.26 bits per heavy atom. The third-order valence-electron chi connectivity index (χ3n) is 6.24. The first-order chi connectivity index (χ1) is 15.8.